The number of phenols is 1. The number of hydrogen-bond acceptors (Lipinski definition) is 3. The van der Waals surface area contributed by atoms with Crippen LogP contribution in [0.4, 0.5) is 0 Å². The lowest BCUT2D eigenvalue weighted by Gasteiger charge is -2.03. The average molecular weight is 308 g/mol. The van der Waals surface area contributed by atoms with Crippen LogP contribution in [0.25, 0.3) is 27.7 Å². The third-order valence-corrected chi connectivity index (χ3v) is 4.46. The summed E-state index contributed by atoms with van der Waals surface area (Å²) in [6.45, 7) is 5.83. The molecule has 23 heavy (non-hydrogen) atoms. The molecule has 4 aromatic rings. The maximum Gasteiger partial charge on any atom is 0.253 e. The lowest BCUT2D eigenvalue weighted by molar-refractivity contribution is 0.100. The number of rotatable bonds is 1. The number of fused-ring (bicyclic) bond motifs is 5. The van der Waals surface area contributed by atoms with Crippen molar-refractivity contribution < 1.29 is 9.90 Å². The van der Waals surface area contributed by atoms with Crippen LogP contribution in [0.2, 0.25) is 0 Å². The van der Waals surface area contributed by atoms with E-state index in [1.54, 1.807) is 6.07 Å². The number of aromatic nitrogens is 3. The summed E-state index contributed by atoms with van der Waals surface area (Å²) in [7, 11) is 0. The van der Waals surface area contributed by atoms with Crippen molar-refractivity contribution in [3.05, 3.63) is 40.6 Å². The van der Waals surface area contributed by atoms with Gasteiger partial charge in [-0.3, -0.25) is 9.20 Å². The Hall–Kier alpha value is -3.02. The van der Waals surface area contributed by atoms with Gasteiger partial charge in [0.25, 0.3) is 5.91 Å². The molecule has 0 saturated carbocycles. The van der Waals surface area contributed by atoms with Gasteiger partial charge in [-0.25, -0.2) is 4.98 Å². The van der Waals surface area contributed by atoms with Crippen molar-refractivity contribution in [2.24, 2.45) is 5.73 Å². The molecule has 0 radical (unpaired) electrons. The van der Waals surface area contributed by atoms with Crippen LogP contribution in [0.3, 0.4) is 0 Å². The van der Waals surface area contributed by atoms with Crippen molar-refractivity contribution in [2.45, 2.75) is 20.8 Å². The first kappa shape index (κ1) is 13.6. The van der Waals surface area contributed by atoms with Gasteiger partial charge in [-0.15, -0.1) is 0 Å². The van der Waals surface area contributed by atoms with Gasteiger partial charge in [0.2, 0.25) is 0 Å². The van der Waals surface area contributed by atoms with Gasteiger partial charge in [0, 0.05) is 11.1 Å². The van der Waals surface area contributed by atoms with E-state index in [1.165, 1.54) is 0 Å². The number of carbonyl (C=O) groups excluding carboxylic acids is 1. The number of primary amides is 1. The Morgan fingerprint density at radius 3 is 2.70 bits per heavy atom. The number of carbonyl (C=O) groups is 1. The van der Waals surface area contributed by atoms with Crippen molar-refractivity contribution >= 4 is 33.6 Å². The van der Waals surface area contributed by atoms with E-state index >= 15 is 0 Å². The highest BCUT2D eigenvalue weighted by atomic mass is 16.3. The molecule has 116 valence electrons. The van der Waals surface area contributed by atoms with Gasteiger partial charge in [0.15, 0.2) is 0 Å². The van der Waals surface area contributed by atoms with Gasteiger partial charge >= 0.3 is 0 Å². The van der Waals surface area contributed by atoms with Gasteiger partial charge in [-0.2, -0.15) is 0 Å². The van der Waals surface area contributed by atoms with Crippen LogP contribution in [0.1, 0.15) is 27.2 Å². The van der Waals surface area contributed by atoms with Crippen LogP contribution in [0.15, 0.2) is 18.2 Å². The molecule has 0 spiro atoms. The Kier molecular flexibility index (Phi) is 2.52. The quantitative estimate of drug-likeness (QED) is 0.504. The Morgan fingerprint density at radius 2 is 2.00 bits per heavy atom. The molecule has 3 aromatic heterocycles. The zero-order valence-electron chi connectivity index (χ0n) is 13.1. The molecule has 0 aliphatic carbocycles. The smallest absolute Gasteiger partial charge is 0.253 e. The molecule has 1 amide bonds. The maximum atomic E-state index is 12.0. The monoisotopic (exact) mass is 308 g/mol. The molecular weight excluding hydrogens is 292 g/mol. The van der Waals surface area contributed by atoms with E-state index in [9.17, 15) is 9.90 Å². The number of hydrogen-bond donors (Lipinski definition) is 3. The molecule has 0 atom stereocenters. The molecule has 4 N–H and O–H groups in total. The highest BCUT2D eigenvalue weighted by molar-refractivity contribution is 6.14. The third kappa shape index (κ3) is 1.63. The topological polar surface area (TPSA) is 96.4 Å². The summed E-state index contributed by atoms with van der Waals surface area (Å²) in [5.74, 6) is -0.395. The Bertz CT molecular complexity index is 1130. The van der Waals surface area contributed by atoms with Crippen LogP contribution in [0, 0.1) is 20.8 Å². The van der Waals surface area contributed by atoms with E-state index in [0.29, 0.717) is 22.4 Å². The lowest BCUT2D eigenvalue weighted by atomic mass is 10.1. The van der Waals surface area contributed by atoms with Gasteiger partial charge in [0.05, 0.1) is 11.1 Å². The number of imidazole rings is 1. The molecular formula is C17H16N4O2. The van der Waals surface area contributed by atoms with Gasteiger partial charge in [-0.1, -0.05) is 6.07 Å². The summed E-state index contributed by atoms with van der Waals surface area (Å²) in [6.07, 6.45) is 0. The predicted octanol–water partition coefficient (Wildman–Crippen LogP) is 2.70. The number of nitrogens with zero attached hydrogens (tertiary/aromatic N) is 2. The van der Waals surface area contributed by atoms with Gasteiger partial charge in [-0.05, 0) is 44.0 Å². The SMILES string of the molecule is Cc1cc2c(C(N)=O)c3[nH]c4c(O)ccc(C)c4n3c2nc1C. The largest absolute Gasteiger partial charge is 0.506 e. The van der Waals surface area contributed by atoms with E-state index in [2.05, 4.69) is 9.97 Å². The zero-order valence-corrected chi connectivity index (χ0v) is 13.1. The van der Waals surface area contributed by atoms with Crippen LogP contribution in [0.5, 0.6) is 5.75 Å². The number of H-pyrrole nitrogens is 1. The van der Waals surface area contributed by atoms with E-state index < -0.39 is 5.91 Å². The predicted molar refractivity (Wildman–Crippen MR) is 88.9 cm³/mol. The first-order valence-electron chi connectivity index (χ1n) is 7.32. The normalized spacial score (nSPS) is 11.8. The number of nitrogens with one attached hydrogen (secondary N) is 1. The summed E-state index contributed by atoms with van der Waals surface area (Å²) in [4.78, 5) is 19.8. The summed E-state index contributed by atoms with van der Waals surface area (Å²) in [5.41, 5.74) is 11.5. The Labute approximate surface area is 131 Å². The number of pyridine rings is 1. The highest BCUT2D eigenvalue weighted by Crippen LogP contribution is 2.34. The fourth-order valence-corrected chi connectivity index (χ4v) is 3.19. The molecule has 0 bridgehead atoms. The lowest BCUT2D eigenvalue weighted by Crippen LogP contribution is -2.11. The minimum atomic E-state index is -0.522. The molecule has 0 fully saturated rings. The minimum absolute atomic E-state index is 0.127. The fraction of sp³-hybridized carbons (Fsp3) is 0.176. The third-order valence-electron chi connectivity index (χ3n) is 4.46. The fourth-order valence-electron chi connectivity index (χ4n) is 3.19. The second-order valence-electron chi connectivity index (χ2n) is 5.94. The van der Waals surface area contributed by atoms with Crippen LogP contribution < -0.4 is 5.73 Å². The molecule has 0 unspecified atom stereocenters. The minimum Gasteiger partial charge on any atom is -0.506 e. The second-order valence-corrected chi connectivity index (χ2v) is 5.94. The van der Waals surface area contributed by atoms with E-state index in [-0.39, 0.29) is 5.75 Å². The number of nitrogens with two attached hydrogens (primary N) is 1. The van der Waals surface area contributed by atoms with Crippen LogP contribution in [-0.4, -0.2) is 25.4 Å². The van der Waals surface area contributed by atoms with Crippen molar-refractivity contribution in [1.82, 2.24) is 14.4 Å². The van der Waals surface area contributed by atoms with Gasteiger partial charge < -0.3 is 15.8 Å². The molecule has 1 aromatic carbocycles. The number of benzene rings is 1. The number of aromatic hydroxyl groups is 1. The van der Waals surface area contributed by atoms with E-state index in [4.69, 9.17) is 5.73 Å². The van der Waals surface area contributed by atoms with E-state index in [0.717, 1.165) is 27.7 Å². The highest BCUT2D eigenvalue weighted by Gasteiger charge is 2.23. The summed E-state index contributed by atoms with van der Waals surface area (Å²) in [5, 5.41) is 10.9. The van der Waals surface area contributed by atoms with Crippen molar-refractivity contribution in [1.29, 1.82) is 0 Å². The van der Waals surface area contributed by atoms with Crippen molar-refractivity contribution in [3.63, 3.8) is 0 Å². The molecule has 6 nitrogen and oxygen atoms in total. The number of amides is 1. The van der Waals surface area contributed by atoms with Crippen molar-refractivity contribution in [2.75, 3.05) is 0 Å². The van der Waals surface area contributed by atoms with Gasteiger partial charge in [0.1, 0.15) is 22.6 Å². The molecule has 4 rings (SSSR count). The molecule has 0 aliphatic heterocycles. The summed E-state index contributed by atoms with van der Waals surface area (Å²) in [6, 6.07) is 5.40. The zero-order chi connectivity index (χ0) is 16.5. The standard InChI is InChI=1S/C17H16N4O2/c1-7-4-5-11(22)13-14(7)21-16-10(6-8(2)9(3)19-16)12(15(18)23)17(21)20-13/h4-6,20,22H,1-3H3,(H2,18,23). The van der Waals surface area contributed by atoms with Crippen LogP contribution >= 0.6 is 0 Å². The Morgan fingerprint density at radius 1 is 1.26 bits per heavy atom. The molecule has 3 heterocycles. The van der Waals surface area contributed by atoms with Crippen molar-refractivity contribution in [3.8, 4) is 5.75 Å². The number of aromatic amines is 1. The maximum absolute atomic E-state index is 12.0. The summed E-state index contributed by atoms with van der Waals surface area (Å²) >= 11 is 0. The number of aryl methyl sites for hydroxylation is 3. The Balaban J connectivity index is 2.38. The summed E-state index contributed by atoms with van der Waals surface area (Å²) < 4.78 is 1.87. The average Bonchev–Trinajstić information content (AvgIpc) is 2.99. The second kappa shape index (κ2) is 4.25. The first-order chi connectivity index (χ1) is 10.9. The van der Waals surface area contributed by atoms with Crippen LogP contribution in [-0.2, 0) is 0 Å². The molecule has 0 aliphatic rings. The first-order valence-corrected chi connectivity index (χ1v) is 7.32. The molecule has 0 saturated heterocycles. The number of phenolic OH excluding ortho intramolecular Hbond substituents is 1. The van der Waals surface area contributed by atoms with E-state index in [1.807, 2.05) is 37.3 Å². The molecule has 6 heteroatoms.